The number of hydrogen-bond donors (Lipinski definition) is 2. The lowest BCUT2D eigenvalue weighted by atomic mass is 10.2. The summed E-state index contributed by atoms with van der Waals surface area (Å²) in [7, 11) is 0. The second-order valence-corrected chi connectivity index (χ2v) is 8.73. The third-order valence-electron chi connectivity index (χ3n) is 5.58. The van der Waals surface area contributed by atoms with Crippen molar-refractivity contribution in [3.63, 3.8) is 0 Å². The minimum atomic E-state index is -0.453. The first-order chi connectivity index (χ1) is 15.5. The zero-order valence-electron chi connectivity index (χ0n) is 17.0. The van der Waals surface area contributed by atoms with Gasteiger partial charge in [0.15, 0.2) is 0 Å². The summed E-state index contributed by atoms with van der Waals surface area (Å²) in [4.78, 5) is 54.2. The summed E-state index contributed by atoms with van der Waals surface area (Å²) in [6.07, 6.45) is 0.214. The molecule has 9 nitrogen and oxygen atoms in total. The Labute approximate surface area is 186 Å². The van der Waals surface area contributed by atoms with Gasteiger partial charge in [-0.05, 0) is 43.2 Å². The standard InChI is InChI=1S/C22H20N4O5S/c27-19-12-32-18-8-7-13(10-17(18)23-19)26-11-14(31-22(26)30)4-3-9-25-20(28)15-5-1-2-6-16(15)24-21(25)29/h1-2,5-8,10,14H,3-4,9,11-12H2,(H,23,27)(H,24,29). The fourth-order valence-corrected chi connectivity index (χ4v) is 4.79. The van der Waals surface area contributed by atoms with Crippen molar-refractivity contribution in [2.45, 2.75) is 30.4 Å². The highest BCUT2D eigenvalue weighted by atomic mass is 32.2. The lowest BCUT2D eigenvalue weighted by Crippen LogP contribution is -2.35. The minimum absolute atomic E-state index is 0.0690. The van der Waals surface area contributed by atoms with Gasteiger partial charge in [-0.3, -0.25) is 19.1 Å². The molecule has 1 saturated heterocycles. The summed E-state index contributed by atoms with van der Waals surface area (Å²) in [5.74, 6) is 0.309. The number of nitrogens with one attached hydrogen (secondary N) is 2. The molecule has 32 heavy (non-hydrogen) atoms. The molecule has 3 heterocycles. The summed E-state index contributed by atoms with van der Waals surface area (Å²) in [6.45, 7) is 0.594. The first kappa shape index (κ1) is 20.4. The summed E-state index contributed by atoms with van der Waals surface area (Å²) >= 11 is 1.46. The molecular weight excluding hydrogens is 432 g/mol. The number of aromatic amines is 1. The predicted molar refractivity (Wildman–Crippen MR) is 121 cm³/mol. The van der Waals surface area contributed by atoms with Crippen molar-refractivity contribution < 1.29 is 14.3 Å². The average molecular weight is 452 g/mol. The van der Waals surface area contributed by atoms with Crippen molar-refractivity contribution in [1.29, 1.82) is 0 Å². The average Bonchev–Trinajstić information content (AvgIpc) is 3.15. The van der Waals surface area contributed by atoms with Crippen LogP contribution < -0.4 is 21.5 Å². The van der Waals surface area contributed by atoms with Crippen LogP contribution in [0.4, 0.5) is 16.2 Å². The van der Waals surface area contributed by atoms with E-state index in [1.54, 1.807) is 30.3 Å². The third-order valence-corrected chi connectivity index (χ3v) is 6.65. The van der Waals surface area contributed by atoms with E-state index in [-0.39, 0.29) is 24.1 Å². The van der Waals surface area contributed by atoms with Crippen LogP contribution in [0, 0.1) is 0 Å². The summed E-state index contributed by atoms with van der Waals surface area (Å²) < 4.78 is 6.66. The Morgan fingerprint density at radius 3 is 2.81 bits per heavy atom. The van der Waals surface area contributed by atoms with Crippen LogP contribution in [0.25, 0.3) is 10.9 Å². The number of para-hydroxylation sites is 1. The van der Waals surface area contributed by atoms with E-state index in [2.05, 4.69) is 10.3 Å². The predicted octanol–water partition coefficient (Wildman–Crippen LogP) is 2.54. The number of thioether (sulfide) groups is 1. The van der Waals surface area contributed by atoms with Gasteiger partial charge >= 0.3 is 11.8 Å². The lowest BCUT2D eigenvalue weighted by molar-refractivity contribution is -0.113. The Hall–Kier alpha value is -3.53. The van der Waals surface area contributed by atoms with Gasteiger partial charge in [-0.15, -0.1) is 11.8 Å². The maximum absolute atomic E-state index is 12.6. The molecule has 10 heteroatoms. The molecule has 1 aromatic heterocycles. The van der Waals surface area contributed by atoms with E-state index in [9.17, 15) is 19.2 Å². The van der Waals surface area contributed by atoms with Gasteiger partial charge in [-0.25, -0.2) is 9.59 Å². The molecule has 5 rings (SSSR count). The fraction of sp³-hybridized carbons (Fsp3) is 0.273. The van der Waals surface area contributed by atoms with E-state index in [0.717, 1.165) is 4.90 Å². The highest BCUT2D eigenvalue weighted by molar-refractivity contribution is 8.00. The highest BCUT2D eigenvalue weighted by Crippen LogP contribution is 2.35. The van der Waals surface area contributed by atoms with Crippen molar-refractivity contribution in [1.82, 2.24) is 9.55 Å². The van der Waals surface area contributed by atoms with Crippen LogP contribution in [-0.4, -0.2) is 40.0 Å². The number of H-pyrrole nitrogens is 1. The molecule has 2 amide bonds. The van der Waals surface area contributed by atoms with Crippen molar-refractivity contribution in [2.75, 3.05) is 22.5 Å². The summed E-state index contributed by atoms with van der Waals surface area (Å²) in [5.41, 5.74) is 1.07. The van der Waals surface area contributed by atoms with Crippen LogP contribution in [0.1, 0.15) is 12.8 Å². The molecule has 1 atom stereocenters. The number of carbonyl (C=O) groups is 2. The Kier molecular flexibility index (Phi) is 5.22. The van der Waals surface area contributed by atoms with Crippen LogP contribution in [0.15, 0.2) is 56.9 Å². The summed E-state index contributed by atoms with van der Waals surface area (Å²) in [5, 5.41) is 3.28. The molecule has 2 aliphatic heterocycles. The van der Waals surface area contributed by atoms with Gasteiger partial charge in [0.05, 0.1) is 28.9 Å². The van der Waals surface area contributed by atoms with Gasteiger partial charge in [-0.2, -0.15) is 0 Å². The topological polar surface area (TPSA) is 114 Å². The van der Waals surface area contributed by atoms with Crippen molar-refractivity contribution >= 4 is 46.0 Å². The second-order valence-electron chi connectivity index (χ2n) is 7.71. The zero-order chi connectivity index (χ0) is 22.2. The Balaban J connectivity index is 1.25. The molecular formula is C22H20N4O5S. The number of rotatable bonds is 5. The molecule has 2 N–H and O–H groups in total. The molecule has 0 aliphatic carbocycles. The van der Waals surface area contributed by atoms with Crippen LogP contribution in [0.2, 0.25) is 0 Å². The third kappa shape index (κ3) is 3.77. The largest absolute Gasteiger partial charge is 0.444 e. The SMILES string of the molecule is O=C1CSc2ccc(N3CC(CCCn4c(=O)[nH]c5ccccc5c4=O)OC3=O)cc2N1. The number of carbonyl (C=O) groups excluding carboxylic acids is 2. The number of fused-ring (bicyclic) bond motifs is 2. The summed E-state index contributed by atoms with van der Waals surface area (Å²) in [6, 6.07) is 12.4. The van der Waals surface area contributed by atoms with Crippen LogP contribution in [-0.2, 0) is 16.1 Å². The van der Waals surface area contributed by atoms with E-state index in [1.165, 1.54) is 21.2 Å². The van der Waals surface area contributed by atoms with E-state index >= 15 is 0 Å². The Morgan fingerprint density at radius 1 is 1.09 bits per heavy atom. The number of amides is 2. The minimum Gasteiger partial charge on any atom is -0.444 e. The van der Waals surface area contributed by atoms with E-state index in [1.807, 2.05) is 12.1 Å². The molecule has 0 spiro atoms. The smallest absolute Gasteiger partial charge is 0.414 e. The quantitative estimate of drug-likeness (QED) is 0.615. The molecule has 1 fully saturated rings. The number of cyclic esters (lactones) is 1. The van der Waals surface area contributed by atoms with Crippen LogP contribution >= 0.6 is 11.8 Å². The van der Waals surface area contributed by atoms with Crippen LogP contribution in [0.3, 0.4) is 0 Å². The molecule has 164 valence electrons. The fourth-order valence-electron chi connectivity index (χ4n) is 4.00. The van der Waals surface area contributed by atoms with Crippen molar-refractivity contribution in [2.24, 2.45) is 0 Å². The normalized spacial score (nSPS) is 17.9. The number of anilines is 2. The zero-order valence-corrected chi connectivity index (χ0v) is 17.8. The highest BCUT2D eigenvalue weighted by Gasteiger charge is 2.32. The van der Waals surface area contributed by atoms with Gasteiger partial charge in [-0.1, -0.05) is 12.1 Å². The molecule has 0 radical (unpaired) electrons. The Morgan fingerprint density at radius 2 is 1.94 bits per heavy atom. The van der Waals surface area contributed by atoms with E-state index < -0.39 is 11.8 Å². The first-order valence-electron chi connectivity index (χ1n) is 10.3. The van der Waals surface area contributed by atoms with E-state index in [4.69, 9.17) is 4.74 Å². The molecule has 1 unspecified atom stereocenters. The maximum Gasteiger partial charge on any atom is 0.414 e. The van der Waals surface area contributed by atoms with Gasteiger partial charge in [0.2, 0.25) is 5.91 Å². The molecule has 2 aromatic carbocycles. The molecule has 3 aromatic rings. The first-order valence-corrected chi connectivity index (χ1v) is 11.2. The number of ether oxygens (including phenoxy) is 1. The number of hydrogen-bond acceptors (Lipinski definition) is 6. The van der Waals surface area contributed by atoms with Gasteiger partial charge in [0.1, 0.15) is 6.10 Å². The molecule has 0 bridgehead atoms. The van der Waals surface area contributed by atoms with Crippen molar-refractivity contribution in [3.8, 4) is 0 Å². The van der Waals surface area contributed by atoms with Crippen molar-refractivity contribution in [3.05, 3.63) is 63.3 Å². The molecule has 0 saturated carbocycles. The second kappa shape index (κ2) is 8.19. The van der Waals surface area contributed by atoms with Gasteiger partial charge < -0.3 is 15.0 Å². The molecule has 2 aliphatic rings. The number of nitrogens with zero attached hydrogens (tertiary/aromatic N) is 2. The van der Waals surface area contributed by atoms with Crippen LogP contribution in [0.5, 0.6) is 0 Å². The van der Waals surface area contributed by atoms with Gasteiger partial charge in [0, 0.05) is 17.1 Å². The maximum atomic E-state index is 12.6. The van der Waals surface area contributed by atoms with Gasteiger partial charge in [0.25, 0.3) is 5.56 Å². The number of benzene rings is 2. The number of aromatic nitrogens is 2. The Bertz CT molecular complexity index is 1350. The monoisotopic (exact) mass is 452 g/mol. The van der Waals surface area contributed by atoms with E-state index in [0.29, 0.717) is 47.4 Å². The lowest BCUT2D eigenvalue weighted by Gasteiger charge is -2.20.